The Labute approximate surface area is 105 Å². The minimum atomic E-state index is 0.471. The van der Waals surface area contributed by atoms with Crippen LogP contribution in [0.3, 0.4) is 0 Å². The van der Waals surface area contributed by atoms with Crippen molar-refractivity contribution >= 4 is 38.9 Å². The van der Waals surface area contributed by atoms with Crippen molar-refractivity contribution in [2.45, 2.75) is 6.54 Å². The highest BCUT2D eigenvalue weighted by molar-refractivity contribution is 9.10. The highest BCUT2D eigenvalue weighted by Gasteiger charge is 2.07. The van der Waals surface area contributed by atoms with Crippen LogP contribution in [0.5, 0.6) is 0 Å². The zero-order chi connectivity index (χ0) is 10.8. The molecule has 0 aliphatic carbocycles. The van der Waals surface area contributed by atoms with E-state index in [2.05, 4.69) is 20.9 Å². The molecule has 2 N–H and O–H groups in total. The number of hydrogen-bond acceptors (Lipinski definition) is 3. The second-order valence-corrected chi connectivity index (χ2v) is 5.22. The van der Waals surface area contributed by atoms with E-state index in [0.717, 1.165) is 20.7 Å². The molecule has 0 unspecified atom stereocenters. The summed E-state index contributed by atoms with van der Waals surface area (Å²) in [6, 6.07) is 5.75. The largest absolute Gasteiger partial charge is 0.325 e. The summed E-state index contributed by atoms with van der Waals surface area (Å²) in [6.45, 7) is 0.471. The molecule has 0 bridgehead atoms. The highest BCUT2D eigenvalue weighted by atomic mass is 79.9. The fourth-order valence-corrected chi connectivity index (χ4v) is 2.67. The van der Waals surface area contributed by atoms with Crippen LogP contribution < -0.4 is 5.73 Å². The van der Waals surface area contributed by atoms with Crippen LogP contribution in [0.4, 0.5) is 0 Å². The number of rotatable bonds is 2. The van der Waals surface area contributed by atoms with Gasteiger partial charge in [0.05, 0.1) is 10.7 Å². The van der Waals surface area contributed by atoms with Crippen molar-refractivity contribution in [1.29, 1.82) is 0 Å². The van der Waals surface area contributed by atoms with E-state index in [4.69, 9.17) is 17.3 Å². The molecule has 2 nitrogen and oxygen atoms in total. The number of aromatic nitrogens is 1. The van der Waals surface area contributed by atoms with Crippen molar-refractivity contribution < 1.29 is 0 Å². The molecule has 0 fully saturated rings. The van der Waals surface area contributed by atoms with Crippen molar-refractivity contribution in [3.63, 3.8) is 0 Å². The number of hydrogen-bond donors (Lipinski definition) is 1. The van der Waals surface area contributed by atoms with Crippen LogP contribution in [0, 0.1) is 0 Å². The molecule has 5 heteroatoms. The van der Waals surface area contributed by atoms with Gasteiger partial charge < -0.3 is 5.73 Å². The maximum atomic E-state index is 6.12. The Kier molecular flexibility index (Phi) is 3.41. The van der Waals surface area contributed by atoms with Gasteiger partial charge in [0, 0.05) is 22.0 Å². The molecule has 0 saturated heterocycles. The molecule has 0 aliphatic heterocycles. The first kappa shape index (κ1) is 11.1. The van der Waals surface area contributed by atoms with E-state index < -0.39 is 0 Å². The molecule has 0 radical (unpaired) electrons. The summed E-state index contributed by atoms with van der Waals surface area (Å²) in [6.07, 6.45) is 0. The van der Waals surface area contributed by atoms with Crippen molar-refractivity contribution in [2.75, 3.05) is 0 Å². The van der Waals surface area contributed by atoms with Crippen LogP contribution in [0.25, 0.3) is 11.3 Å². The second-order valence-electron chi connectivity index (χ2n) is 2.95. The lowest BCUT2D eigenvalue weighted by Gasteiger charge is -2.00. The number of thiazole rings is 1. The quantitative estimate of drug-likeness (QED) is 0.919. The molecule has 1 heterocycles. The SMILES string of the molecule is NCc1nc(-c2ccc(Br)cc2Cl)cs1. The molecule has 0 aliphatic rings. The minimum absolute atomic E-state index is 0.471. The van der Waals surface area contributed by atoms with E-state index in [-0.39, 0.29) is 0 Å². The van der Waals surface area contributed by atoms with Gasteiger partial charge in [0.25, 0.3) is 0 Å². The first-order valence-electron chi connectivity index (χ1n) is 4.30. The van der Waals surface area contributed by atoms with Crippen molar-refractivity contribution in [3.8, 4) is 11.3 Å². The van der Waals surface area contributed by atoms with Gasteiger partial charge in [-0.15, -0.1) is 11.3 Å². The van der Waals surface area contributed by atoms with E-state index in [0.29, 0.717) is 11.6 Å². The van der Waals surface area contributed by atoms with Crippen LogP contribution >= 0.6 is 38.9 Å². The molecule has 0 spiro atoms. The van der Waals surface area contributed by atoms with Crippen LogP contribution in [0.2, 0.25) is 5.02 Å². The normalized spacial score (nSPS) is 10.6. The first-order chi connectivity index (χ1) is 7.20. The van der Waals surface area contributed by atoms with Gasteiger partial charge in [-0.3, -0.25) is 0 Å². The lowest BCUT2D eigenvalue weighted by Crippen LogP contribution is -1.94. The van der Waals surface area contributed by atoms with Crippen LogP contribution in [-0.2, 0) is 6.54 Å². The van der Waals surface area contributed by atoms with Crippen molar-refractivity contribution in [3.05, 3.63) is 38.1 Å². The van der Waals surface area contributed by atoms with Crippen molar-refractivity contribution in [1.82, 2.24) is 4.98 Å². The Morgan fingerprint density at radius 3 is 2.87 bits per heavy atom. The van der Waals surface area contributed by atoms with Crippen LogP contribution in [-0.4, -0.2) is 4.98 Å². The van der Waals surface area contributed by atoms with Gasteiger partial charge in [-0.1, -0.05) is 33.6 Å². The molecule has 2 rings (SSSR count). The van der Waals surface area contributed by atoms with E-state index in [1.165, 1.54) is 0 Å². The van der Waals surface area contributed by atoms with Gasteiger partial charge in [-0.2, -0.15) is 0 Å². The summed E-state index contributed by atoms with van der Waals surface area (Å²) < 4.78 is 0.963. The summed E-state index contributed by atoms with van der Waals surface area (Å²) in [5.74, 6) is 0. The lowest BCUT2D eigenvalue weighted by molar-refractivity contribution is 1.04. The number of nitrogens with two attached hydrogens (primary N) is 1. The topological polar surface area (TPSA) is 38.9 Å². The average Bonchev–Trinajstić information content (AvgIpc) is 2.66. The maximum Gasteiger partial charge on any atom is 0.107 e. The Morgan fingerprint density at radius 2 is 2.27 bits per heavy atom. The summed E-state index contributed by atoms with van der Waals surface area (Å²) >= 11 is 11.0. The van der Waals surface area contributed by atoms with E-state index in [1.54, 1.807) is 11.3 Å². The Morgan fingerprint density at radius 1 is 1.47 bits per heavy atom. The second kappa shape index (κ2) is 4.61. The van der Waals surface area contributed by atoms with Crippen molar-refractivity contribution in [2.24, 2.45) is 5.73 Å². The molecule has 0 amide bonds. The van der Waals surface area contributed by atoms with E-state index in [1.807, 2.05) is 23.6 Å². The fraction of sp³-hybridized carbons (Fsp3) is 0.100. The Bertz CT molecular complexity index is 484. The third-order valence-electron chi connectivity index (χ3n) is 1.93. The predicted molar refractivity (Wildman–Crippen MR) is 68.2 cm³/mol. The van der Waals surface area contributed by atoms with Gasteiger partial charge in [0.1, 0.15) is 5.01 Å². The summed E-state index contributed by atoms with van der Waals surface area (Å²) in [5, 5.41) is 3.58. The predicted octanol–water partition coefficient (Wildman–Crippen LogP) is 3.68. The zero-order valence-corrected chi connectivity index (χ0v) is 10.9. The van der Waals surface area contributed by atoms with Gasteiger partial charge in [-0.05, 0) is 12.1 Å². The van der Waals surface area contributed by atoms with Crippen LogP contribution in [0.1, 0.15) is 5.01 Å². The minimum Gasteiger partial charge on any atom is -0.325 e. The maximum absolute atomic E-state index is 6.12. The number of nitrogens with zero attached hydrogens (tertiary/aromatic N) is 1. The first-order valence-corrected chi connectivity index (χ1v) is 6.35. The third kappa shape index (κ3) is 2.39. The molecule has 78 valence electrons. The molecular weight excluding hydrogens is 296 g/mol. The number of benzene rings is 1. The summed E-state index contributed by atoms with van der Waals surface area (Å²) in [5.41, 5.74) is 7.34. The lowest BCUT2D eigenvalue weighted by atomic mass is 10.2. The third-order valence-corrected chi connectivity index (χ3v) is 3.61. The average molecular weight is 304 g/mol. The molecule has 15 heavy (non-hydrogen) atoms. The molecule has 1 aromatic carbocycles. The molecule has 1 aromatic heterocycles. The van der Waals surface area contributed by atoms with E-state index in [9.17, 15) is 0 Å². The Hall–Kier alpha value is -0.420. The zero-order valence-electron chi connectivity index (χ0n) is 7.71. The molecular formula is C10H8BrClN2S. The molecule has 2 aromatic rings. The monoisotopic (exact) mass is 302 g/mol. The molecule has 0 atom stereocenters. The van der Waals surface area contributed by atoms with Crippen LogP contribution in [0.15, 0.2) is 28.1 Å². The standard InChI is InChI=1S/C10H8BrClN2S/c11-6-1-2-7(8(12)3-6)9-5-15-10(4-13)14-9/h1-3,5H,4,13H2. The van der Waals surface area contributed by atoms with Gasteiger partial charge in [0.2, 0.25) is 0 Å². The molecule has 0 saturated carbocycles. The summed E-state index contributed by atoms with van der Waals surface area (Å²) in [7, 11) is 0. The Balaban J connectivity index is 2.44. The van der Waals surface area contributed by atoms with Gasteiger partial charge in [0.15, 0.2) is 0 Å². The number of halogens is 2. The smallest absolute Gasteiger partial charge is 0.107 e. The van der Waals surface area contributed by atoms with Gasteiger partial charge in [-0.25, -0.2) is 4.98 Å². The van der Waals surface area contributed by atoms with E-state index >= 15 is 0 Å². The summed E-state index contributed by atoms with van der Waals surface area (Å²) in [4.78, 5) is 4.38. The van der Waals surface area contributed by atoms with Gasteiger partial charge >= 0.3 is 0 Å². The highest BCUT2D eigenvalue weighted by Crippen LogP contribution is 2.30. The fourth-order valence-electron chi connectivity index (χ4n) is 1.23.